The second kappa shape index (κ2) is 5.70. The number of rotatable bonds is 5. The first-order chi connectivity index (χ1) is 7.54. The number of halogens is 1. The Morgan fingerprint density at radius 1 is 1.50 bits per heavy atom. The Morgan fingerprint density at radius 2 is 2.19 bits per heavy atom. The van der Waals surface area contributed by atoms with Crippen LogP contribution in [0.4, 0.5) is 15.8 Å². The molecule has 0 saturated heterocycles. The van der Waals surface area contributed by atoms with Crippen LogP contribution in [0.15, 0.2) is 12.1 Å². The van der Waals surface area contributed by atoms with Crippen molar-refractivity contribution in [3.05, 3.63) is 23.5 Å². The van der Waals surface area contributed by atoms with Gasteiger partial charge in [0.25, 0.3) is 0 Å². The third-order valence-electron chi connectivity index (χ3n) is 2.42. The van der Waals surface area contributed by atoms with Gasteiger partial charge in [0.15, 0.2) is 0 Å². The minimum atomic E-state index is -0.270. The molecule has 0 aromatic heterocycles. The number of aryl methyl sites for hydroxylation is 1. The summed E-state index contributed by atoms with van der Waals surface area (Å²) >= 11 is 0. The van der Waals surface area contributed by atoms with Crippen molar-refractivity contribution in [2.24, 2.45) is 5.92 Å². The summed E-state index contributed by atoms with van der Waals surface area (Å²) in [5.41, 5.74) is 7.53. The van der Waals surface area contributed by atoms with E-state index in [9.17, 15) is 4.39 Å². The minimum absolute atomic E-state index is 0.270. The number of hydrogen-bond acceptors (Lipinski definition) is 3. The number of benzene rings is 1. The van der Waals surface area contributed by atoms with Crippen molar-refractivity contribution in [2.45, 2.75) is 13.8 Å². The zero-order valence-corrected chi connectivity index (χ0v) is 10.0. The van der Waals surface area contributed by atoms with Crippen LogP contribution < -0.4 is 11.1 Å². The molecule has 1 aromatic carbocycles. The molecule has 0 aliphatic rings. The third-order valence-corrected chi connectivity index (χ3v) is 2.42. The Morgan fingerprint density at radius 3 is 2.81 bits per heavy atom. The Balaban J connectivity index is 2.63. The molecule has 0 aliphatic heterocycles. The van der Waals surface area contributed by atoms with E-state index in [2.05, 4.69) is 12.2 Å². The Kier molecular flexibility index (Phi) is 4.55. The molecule has 0 spiro atoms. The summed E-state index contributed by atoms with van der Waals surface area (Å²) in [7, 11) is 1.67. The zero-order chi connectivity index (χ0) is 12.1. The topological polar surface area (TPSA) is 47.3 Å². The summed E-state index contributed by atoms with van der Waals surface area (Å²) in [5.74, 6) is 0.114. The van der Waals surface area contributed by atoms with Gasteiger partial charge < -0.3 is 15.8 Å². The maximum Gasteiger partial charge on any atom is 0.128 e. The molecular weight excluding hydrogens is 207 g/mol. The van der Waals surface area contributed by atoms with Crippen LogP contribution in [0.3, 0.4) is 0 Å². The van der Waals surface area contributed by atoms with E-state index >= 15 is 0 Å². The third kappa shape index (κ3) is 3.38. The molecule has 16 heavy (non-hydrogen) atoms. The summed E-state index contributed by atoms with van der Waals surface area (Å²) < 4.78 is 18.2. The van der Waals surface area contributed by atoms with Crippen LogP contribution in [0.1, 0.15) is 12.5 Å². The molecule has 1 rings (SSSR count). The van der Waals surface area contributed by atoms with Gasteiger partial charge in [-0.1, -0.05) is 6.92 Å². The monoisotopic (exact) mass is 226 g/mol. The highest BCUT2D eigenvalue weighted by atomic mass is 19.1. The van der Waals surface area contributed by atoms with E-state index in [0.29, 0.717) is 23.8 Å². The Labute approximate surface area is 95.8 Å². The van der Waals surface area contributed by atoms with Gasteiger partial charge in [0.1, 0.15) is 5.82 Å². The first kappa shape index (κ1) is 12.8. The molecule has 0 saturated carbocycles. The molecule has 0 radical (unpaired) electrons. The number of nitrogen functional groups attached to an aromatic ring is 1. The van der Waals surface area contributed by atoms with Gasteiger partial charge in [0.05, 0.1) is 18.0 Å². The molecule has 0 aliphatic carbocycles. The molecule has 4 heteroatoms. The fourth-order valence-electron chi connectivity index (χ4n) is 1.48. The summed E-state index contributed by atoms with van der Waals surface area (Å²) in [6.07, 6.45) is 0. The van der Waals surface area contributed by atoms with Gasteiger partial charge in [0, 0.05) is 13.7 Å². The van der Waals surface area contributed by atoms with Crippen LogP contribution >= 0.6 is 0 Å². The van der Waals surface area contributed by atoms with Gasteiger partial charge in [-0.25, -0.2) is 4.39 Å². The van der Waals surface area contributed by atoms with Crippen molar-refractivity contribution in [3.8, 4) is 0 Å². The molecule has 0 bridgehead atoms. The van der Waals surface area contributed by atoms with E-state index in [-0.39, 0.29) is 5.82 Å². The van der Waals surface area contributed by atoms with Crippen molar-refractivity contribution in [1.29, 1.82) is 0 Å². The molecule has 3 N–H and O–H groups in total. The van der Waals surface area contributed by atoms with E-state index in [1.807, 2.05) is 0 Å². The molecular formula is C12H19FN2O. The molecule has 3 nitrogen and oxygen atoms in total. The molecule has 0 fully saturated rings. The van der Waals surface area contributed by atoms with Gasteiger partial charge in [-0.2, -0.15) is 0 Å². The average Bonchev–Trinajstić information content (AvgIpc) is 2.22. The van der Waals surface area contributed by atoms with Crippen LogP contribution in [0.25, 0.3) is 0 Å². The predicted octanol–water partition coefficient (Wildman–Crippen LogP) is 2.41. The lowest BCUT2D eigenvalue weighted by Crippen LogP contribution is -2.16. The normalized spacial score (nSPS) is 12.5. The van der Waals surface area contributed by atoms with E-state index in [1.54, 1.807) is 20.1 Å². The van der Waals surface area contributed by atoms with Crippen molar-refractivity contribution in [2.75, 3.05) is 31.3 Å². The summed E-state index contributed by atoms with van der Waals surface area (Å²) in [4.78, 5) is 0. The molecule has 1 atom stereocenters. The van der Waals surface area contributed by atoms with Crippen LogP contribution in [0.5, 0.6) is 0 Å². The highest BCUT2D eigenvalue weighted by molar-refractivity contribution is 5.67. The lowest BCUT2D eigenvalue weighted by Gasteiger charge is -2.14. The van der Waals surface area contributed by atoms with Gasteiger partial charge in [-0.15, -0.1) is 0 Å². The number of ether oxygens (including phenoxy) is 1. The van der Waals surface area contributed by atoms with Crippen LogP contribution in [-0.2, 0) is 4.74 Å². The highest BCUT2D eigenvalue weighted by Crippen LogP contribution is 2.22. The predicted molar refractivity (Wildman–Crippen MR) is 65.1 cm³/mol. The highest BCUT2D eigenvalue weighted by Gasteiger charge is 2.06. The van der Waals surface area contributed by atoms with Gasteiger partial charge in [0.2, 0.25) is 0 Å². The number of anilines is 2. The van der Waals surface area contributed by atoms with E-state index in [0.717, 1.165) is 12.2 Å². The molecule has 90 valence electrons. The number of hydrogen-bond donors (Lipinski definition) is 2. The number of nitrogens with one attached hydrogen (secondary N) is 1. The fraction of sp³-hybridized carbons (Fsp3) is 0.500. The van der Waals surface area contributed by atoms with Crippen LogP contribution in [0, 0.1) is 18.7 Å². The summed E-state index contributed by atoms with van der Waals surface area (Å²) in [6.45, 7) is 5.23. The first-order valence-electron chi connectivity index (χ1n) is 5.33. The van der Waals surface area contributed by atoms with Crippen molar-refractivity contribution in [3.63, 3.8) is 0 Å². The second-order valence-electron chi connectivity index (χ2n) is 4.13. The van der Waals surface area contributed by atoms with Crippen molar-refractivity contribution in [1.82, 2.24) is 0 Å². The van der Waals surface area contributed by atoms with E-state index < -0.39 is 0 Å². The van der Waals surface area contributed by atoms with E-state index in [4.69, 9.17) is 10.5 Å². The number of methoxy groups -OCH3 is 1. The smallest absolute Gasteiger partial charge is 0.128 e. The number of nitrogens with two attached hydrogens (primary N) is 1. The molecule has 1 unspecified atom stereocenters. The maximum atomic E-state index is 13.2. The van der Waals surface area contributed by atoms with Crippen molar-refractivity contribution >= 4 is 11.4 Å². The standard InChI is InChI=1S/C12H19FN2O/c1-8(7-16-3)6-15-12-4-9(2)10(13)5-11(12)14/h4-5,8,15H,6-7,14H2,1-3H3. The Hall–Kier alpha value is -1.29. The summed E-state index contributed by atoms with van der Waals surface area (Å²) in [5, 5.41) is 3.19. The Bertz CT molecular complexity index is 355. The lowest BCUT2D eigenvalue weighted by molar-refractivity contribution is 0.164. The van der Waals surface area contributed by atoms with Crippen LogP contribution in [-0.4, -0.2) is 20.3 Å². The fourth-order valence-corrected chi connectivity index (χ4v) is 1.48. The first-order valence-corrected chi connectivity index (χ1v) is 5.33. The molecule has 0 amide bonds. The van der Waals surface area contributed by atoms with Gasteiger partial charge in [-0.05, 0) is 30.5 Å². The quantitative estimate of drug-likeness (QED) is 0.758. The van der Waals surface area contributed by atoms with Gasteiger partial charge >= 0.3 is 0 Å². The van der Waals surface area contributed by atoms with Gasteiger partial charge in [-0.3, -0.25) is 0 Å². The summed E-state index contributed by atoms with van der Waals surface area (Å²) in [6, 6.07) is 3.07. The van der Waals surface area contributed by atoms with E-state index in [1.165, 1.54) is 6.07 Å². The molecule has 0 heterocycles. The van der Waals surface area contributed by atoms with Crippen LogP contribution in [0.2, 0.25) is 0 Å². The zero-order valence-electron chi connectivity index (χ0n) is 10.0. The van der Waals surface area contributed by atoms with Crippen molar-refractivity contribution < 1.29 is 9.13 Å². The largest absolute Gasteiger partial charge is 0.397 e. The lowest BCUT2D eigenvalue weighted by atomic mass is 10.1. The average molecular weight is 226 g/mol. The maximum absolute atomic E-state index is 13.2. The SMILES string of the molecule is COCC(C)CNc1cc(C)c(F)cc1N. The minimum Gasteiger partial charge on any atom is -0.397 e. The second-order valence-corrected chi connectivity index (χ2v) is 4.13. The molecule has 1 aromatic rings.